The predicted octanol–water partition coefficient (Wildman–Crippen LogP) is 3.07. The SMILES string of the molecule is [3H]C(c1ccc(C([3H])(C(=O)O)C([3H])([3H])[3H])cc1)C([3H])(C([3H])([3H])[3H])C([3H])([3H])[3H]. The zero-order chi connectivity index (χ0) is 21.6. The standard InChI is InChI=1S/C13H18O2/c1-9(2)8-11-4-6-12(7-5-11)10(3)13(14)15/h4-7,9-10H,8H2,1-3H3,(H,14,15)/i1T3,2T3,3T3,8T,9T,10T. The summed E-state index contributed by atoms with van der Waals surface area (Å²) in [6.07, 6.45) is -2.07. The van der Waals surface area contributed by atoms with Gasteiger partial charge in [0.25, 0.3) is 0 Å². The first kappa shape index (κ1) is 3.34. The summed E-state index contributed by atoms with van der Waals surface area (Å²) in [4.78, 5) is 11.3. The zero-order valence-electron chi connectivity index (χ0n) is 19.7. The minimum Gasteiger partial charge on any atom is -0.481 e. The minimum absolute atomic E-state index is 0.237. The highest BCUT2D eigenvalue weighted by atomic mass is 16.4. The van der Waals surface area contributed by atoms with Gasteiger partial charge in [-0.05, 0) is 30.3 Å². The second-order valence-electron chi connectivity index (χ2n) is 2.86. The lowest BCUT2D eigenvalue weighted by Gasteiger charge is -2.09. The number of hydrogen-bond donors (Lipinski definition) is 1. The van der Waals surface area contributed by atoms with Crippen LogP contribution in [0.2, 0.25) is 0 Å². The lowest BCUT2D eigenvalue weighted by molar-refractivity contribution is -0.138. The predicted molar refractivity (Wildman–Crippen MR) is 61.0 cm³/mol. The van der Waals surface area contributed by atoms with Crippen LogP contribution in [0.4, 0.5) is 0 Å². The third-order valence-corrected chi connectivity index (χ3v) is 1.72. The Morgan fingerprint density at radius 1 is 1.47 bits per heavy atom. The molecule has 1 rings (SSSR count). The Balaban J connectivity index is 3.47. The molecule has 0 aliphatic heterocycles. The van der Waals surface area contributed by atoms with Crippen molar-refractivity contribution in [1.29, 1.82) is 0 Å². The molecule has 2 atom stereocenters. The molecular weight excluding hydrogens is 188 g/mol. The van der Waals surface area contributed by atoms with E-state index in [0.717, 1.165) is 24.3 Å². The maximum absolute atomic E-state index is 11.3. The van der Waals surface area contributed by atoms with Crippen molar-refractivity contribution in [3.63, 3.8) is 0 Å². The summed E-state index contributed by atoms with van der Waals surface area (Å²) >= 11 is 0. The fourth-order valence-electron chi connectivity index (χ4n) is 1.04. The van der Waals surface area contributed by atoms with Crippen LogP contribution in [-0.4, -0.2) is 11.1 Å². The quantitative estimate of drug-likeness (QED) is 0.863. The molecule has 0 heterocycles. The van der Waals surface area contributed by atoms with E-state index in [1.807, 2.05) is 0 Å². The van der Waals surface area contributed by atoms with Crippen LogP contribution in [0.3, 0.4) is 0 Å². The number of rotatable bonds is 4. The van der Waals surface area contributed by atoms with Gasteiger partial charge in [-0.3, -0.25) is 4.79 Å². The van der Waals surface area contributed by atoms with Gasteiger partial charge in [0.15, 0.2) is 0 Å². The van der Waals surface area contributed by atoms with Gasteiger partial charge in [0.2, 0.25) is 0 Å². The molecule has 0 aliphatic rings. The van der Waals surface area contributed by atoms with E-state index in [0.29, 0.717) is 0 Å². The first-order chi connectivity index (χ1) is 11.8. The largest absolute Gasteiger partial charge is 0.481 e. The molecule has 15 heavy (non-hydrogen) atoms. The van der Waals surface area contributed by atoms with Crippen molar-refractivity contribution in [2.45, 2.75) is 32.8 Å². The van der Waals surface area contributed by atoms with Gasteiger partial charge in [-0.15, -0.1) is 0 Å². The Kier molecular flexibility index (Phi) is 1.11. The van der Waals surface area contributed by atoms with E-state index in [4.69, 9.17) is 16.4 Å². The third-order valence-electron chi connectivity index (χ3n) is 1.72. The molecule has 2 heteroatoms. The summed E-state index contributed by atoms with van der Waals surface area (Å²) in [5, 5.41) is 9.18. The molecule has 0 radical (unpaired) electrons. The summed E-state index contributed by atoms with van der Waals surface area (Å²) in [7, 11) is 0. The van der Waals surface area contributed by atoms with Crippen LogP contribution < -0.4 is 0 Å². The van der Waals surface area contributed by atoms with Gasteiger partial charge >= 0.3 is 5.97 Å². The van der Waals surface area contributed by atoms with Crippen LogP contribution in [0.25, 0.3) is 0 Å². The van der Waals surface area contributed by atoms with Crippen LogP contribution >= 0.6 is 0 Å². The molecule has 0 aromatic heterocycles. The smallest absolute Gasteiger partial charge is 0.310 e. The Bertz CT molecular complexity index is 673. The molecule has 0 aliphatic carbocycles. The highest BCUT2D eigenvalue weighted by Gasteiger charge is 2.12. The van der Waals surface area contributed by atoms with Gasteiger partial charge in [-0.1, -0.05) is 38.0 Å². The summed E-state index contributed by atoms with van der Waals surface area (Å²) in [5.74, 6) is -8.11. The number of carboxylic acid groups (broad SMARTS) is 1. The Labute approximate surface area is 108 Å². The van der Waals surface area contributed by atoms with Crippen molar-refractivity contribution in [2.24, 2.45) is 5.89 Å². The summed E-state index contributed by atoms with van der Waals surface area (Å²) in [5.41, 5.74) is -0.691. The van der Waals surface area contributed by atoms with E-state index in [1.54, 1.807) is 0 Å². The lowest BCUT2D eigenvalue weighted by atomic mass is 9.97. The number of aliphatic carboxylic acids is 1. The highest BCUT2D eigenvalue weighted by molar-refractivity contribution is 5.75. The first-order valence-electron chi connectivity index (χ1n) is 10.2. The molecule has 82 valence electrons. The van der Waals surface area contributed by atoms with Crippen LogP contribution in [0.5, 0.6) is 0 Å². The van der Waals surface area contributed by atoms with Crippen molar-refractivity contribution in [3.8, 4) is 0 Å². The number of benzene rings is 1. The molecule has 0 fully saturated rings. The maximum Gasteiger partial charge on any atom is 0.310 e. The first-order valence-corrected chi connectivity index (χ1v) is 4.08. The van der Waals surface area contributed by atoms with Crippen molar-refractivity contribution in [1.82, 2.24) is 0 Å². The Morgan fingerprint density at radius 3 is 2.60 bits per heavy atom. The topological polar surface area (TPSA) is 37.3 Å². The molecule has 1 aromatic carbocycles. The fraction of sp³-hybridized carbons (Fsp3) is 0.462. The average molecular weight is 230 g/mol. The number of carboxylic acids is 1. The second kappa shape index (κ2) is 4.96. The summed E-state index contributed by atoms with van der Waals surface area (Å²) < 4.78 is 90.1. The van der Waals surface area contributed by atoms with E-state index in [1.165, 1.54) is 0 Å². The van der Waals surface area contributed by atoms with Crippen LogP contribution in [0.1, 0.15) is 54.0 Å². The molecule has 0 saturated carbocycles. The molecule has 1 aromatic rings. The second-order valence-corrected chi connectivity index (χ2v) is 2.86. The van der Waals surface area contributed by atoms with E-state index in [2.05, 4.69) is 0 Å². The molecular formula is C13H18O2. The van der Waals surface area contributed by atoms with Gasteiger partial charge in [0, 0.05) is 16.4 Å². The molecule has 0 saturated heterocycles. The van der Waals surface area contributed by atoms with Crippen molar-refractivity contribution < 1.29 is 26.4 Å². The molecule has 2 nitrogen and oxygen atoms in total. The number of carbonyl (C=O) groups is 1. The van der Waals surface area contributed by atoms with Gasteiger partial charge < -0.3 is 5.11 Å². The summed E-state index contributed by atoms with van der Waals surface area (Å²) in [6, 6.07) is 3.74. The van der Waals surface area contributed by atoms with Crippen molar-refractivity contribution in [3.05, 3.63) is 35.4 Å². The van der Waals surface area contributed by atoms with Gasteiger partial charge in [0.05, 0.1) is 5.89 Å². The van der Waals surface area contributed by atoms with Crippen LogP contribution in [0.15, 0.2) is 24.3 Å². The van der Waals surface area contributed by atoms with E-state index in [9.17, 15) is 9.90 Å². The third kappa shape index (κ3) is 3.39. The average Bonchev–Trinajstić information content (AvgIpc) is 2.49. The fourth-order valence-corrected chi connectivity index (χ4v) is 1.04. The Hall–Kier alpha value is -1.31. The van der Waals surface area contributed by atoms with Crippen molar-refractivity contribution in [2.75, 3.05) is 0 Å². The van der Waals surface area contributed by atoms with Gasteiger partial charge in [0.1, 0.15) is 0 Å². The Morgan fingerprint density at radius 2 is 2.13 bits per heavy atom. The van der Waals surface area contributed by atoms with E-state index in [-0.39, 0.29) is 5.56 Å². The van der Waals surface area contributed by atoms with Gasteiger partial charge in [-0.25, -0.2) is 0 Å². The molecule has 0 bridgehead atoms. The lowest BCUT2D eigenvalue weighted by Crippen LogP contribution is -2.07. The van der Waals surface area contributed by atoms with Crippen molar-refractivity contribution >= 4 is 5.97 Å². The van der Waals surface area contributed by atoms with Gasteiger partial charge in [-0.2, -0.15) is 0 Å². The van der Waals surface area contributed by atoms with Crippen LogP contribution in [-0.2, 0) is 11.2 Å². The maximum atomic E-state index is 11.3. The zero-order valence-corrected chi connectivity index (χ0v) is 7.74. The molecule has 0 spiro atoms. The van der Waals surface area contributed by atoms with Crippen LogP contribution in [0, 0.1) is 5.89 Å². The highest BCUT2D eigenvalue weighted by Crippen LogP contribution is 2.17. The minimum atomic E-state index is -3.33. The monoisotopic (exact) mass is 230 g/mol. The van der Waals surface area contributed by atoms with E-state index < -0.39 is 50.3 Å². The normalized spacial score (nSPS) is 32.0. The van der Waals surface area contributed by atoms with E-state index >= 15 is 0 Å². The summed E-state index contributed by atoms with van der Waals surface area (Å²) in [6.45, 7) is -9.89. The number of hydrogen-bond acceptors (Lipinski definition) is 1. The molecule has 0 amide bonds. The molecule has 1 N–H and O–H groups in total. The molecule has 2 unspecified atom stereocenters.